The molecule has 8 heteroatoms. The van der Waals surface area contributed by atoms with Crippen molar-refractivity contribution in [3.05, 3.63) is 46.2 Å². The lowest BCUT2D eigenvalue weighted by atomic mass is 10.0. The van der Waals surface area contributed by atoms with Crippen molar-refractivity contribution >= 4 is 41.3 Å². The zero-order chi connectivity index (χ0) is 19.1. The molecule has 0 aromatic carbocycles. The van der Waals surface area contributed by atoms with Crippen LogP contribution in [0.3, 0.4) is 0 Å². The first-order valence-corrected chi connectivity index (χ1v) is 10.6. The van der Waals surface area contributed by atoms with E-state index in [1.165, 1.54) is 5.01 Å². The predicted molar refractivity (Wildman–Crippen MR) is 127 cm³/mol. The molecule has 0 saturated carbocycles. The molecule has 3 heterocycles. The highest BCUT2D eigenvalue weighted by atomic mass is 127. The summed E-state index contributed by atoms with van der Waals surface area (Å²) >= 11 is 1.73. The van der Waals surface area contributed by atoms with Crippen LogP contribution in [0, 0.1) is 0 Å². The number of hydrogen-bond acceptors (Lipinski definition) is 5. The van der Waals surface area contributed by atoms with Crippen molar-refractivity contribution in [1.82, 2.24) is 25.5 Å². The molecule has 1 aliphatic heterocycles. The summed E-state index contributed by atoms with van der Waals surface area (Å²) in [7, 11) is 1.83. The molecule has 0 spiro atoms. The van der Waals surface area contributed by atoms with Crippen molar-refractivity contribution in [2.75, 3.05) is 20.1 Å². The Morgan fingerprint density at radius 3 is 2.68 bits per heavy atom. The molecule has 154 valence electrons. The molecule has 3 rings (SSSR count). The first-order valence-electron chi connectivity index (χ1n) is 9.67. The van der Waals surface area contributed by atoms with E-state index in [1.807, 2.05) is 19.3 Å². The SMILES string of the molecule is CN=C(NCc1csc(C(C)C)n1)NC1CCN(Cc2ccccn2)CC1.I. The van der Waals surface area contributed by atoms with E-state index in [0.29, 0.717) is 18.5 Å². The Labute approximate surface area is 189 Å². The molecular formula is C20H31IN6S. The van der Waals surface area contributed by atoms with Crippen LogP contribution in [0.15, 0.2) is 34.8 Å². The second kappa shape index (κ2) is 11.7. The van der Waals surface area contributed by atoms with Crippen molar-refractivity contribution in [2.45, 2.75) is 51.7 Å². The lowest BCUT2D eigenvalue weighted by Gasteiger charge is -2.32. The predicted octanol–water partition coefficient (Wildman–Crippen LogP) is 3.61. The van der Waals surface area contributed by atoms with E-state index in [2.05, 4.69) is 61.9 Å². The summed E-state index contributed by atoms with van der Waals surface area (Å²) in [6, 6.07) is 6.57. The highest BCUT2D eigenvalue weighted by molar-refractivity contribution is 14.0. The average molecular weight is 514 g/mol. The third kappa shape index (κ3) is 6.97. The molecule has 2 aromatic heterocycles. The number of likely N-dealkylation sites (tertiary alicyclic amines) is 1. The van der Waals surface area contributed by atoms with Gasteiger partial charge in [-0.15, -0.1) is 35.3 Å². The number of halogens is 1. The van der Waals surface area contributed by atoms with E-state index in [-0.39, 0.29) is 24.0 Å². The van der Waals surface area contributed by atoms with Gasteiger partial charge >= 0.3 is 0 Å². The number of guanidine groups is 1. The van der Waals surface area contributed by atoms with E-state index >= 15 is 0 Å². The molecule has 2 N–H and O–H groups in total. The standard InChI is InChI=1S/C20H30N6S.HI/c1-15(2)19-24-18(14-27-19)12-23-20(21-3)25-16-7-10-26(11-8-16)13-17-6-4-5-9-22-17;/h4-6,9,14-16H,7-8,10-13H2,1-3H3,(H2,21,23,25);1H. The number of hydrogen-bond donors (Lipinski definition) is 2. The zero-order valence-electron chi connectivity index (χ0n) is 16.9. The minimum atomic E-state index is 0. The summed E-state index contributed by atoms with van der Waals surface area (Å²) in [6.45, 7) is 8.15. The van der Waals surface area contributed by atoms with Crippen molar-refractivity contribution in [3.63, 3.8) is 0 Å². The highest BCUT2D eigenvalue weighted by Gasteiger charge is 2.20. The molecule has 0 atom stereocenters. The van der Waals surface area contributed by atoms with Gasteiger partial charge < -0.3 is 10.6 Å². The summed E-state index contributed by atoms with van der Waals surface area (Å²) in [6.07, 6.45) is 4.09. The largest absolute Gasteiger partial charge is 0.354 e. The van der Waals surface area contributed by atoms with E-state index in [0.717, 1.165) is 49.8 Å². The number of nitrogens with zero attached hydrogens (tertiary/aromatic N) is 4. The zero-order valence-corrected chi connectivity index (χ0v) is 20.0. The molecule has 0 radical (unpaired) electrons. The van der Waals surface area contributed by atoms with Crippen LogP contribution in [0.25, 0.3) is 0 Å². The minimum Gasteiger partial charge on any atom is -0.354 e. The maximum absolute atomic E-state index is 4.67. The molecule has 28 heavy (non-hydrogen) atoms. The Morgan fingerprint density at radius 2 is 2.07 bits per heavy atom. The van der Waals surface area contributed by atoms with Gasteiger partial charge in [0.2, 0.25) is 0 Å². The van der Waals surface area contributed by atoms with Crippen LogP contribution in [0.2, 0.25) is 0 Å². The lowest BCUT2D eigenvalue weighted by molar-refractivity contribution is 0.196. The molecule has 1 aliphatic rings. The summed E-state index contributed by atoms with van der Waals surface area (Å²) in [5, 5.41) is 10.3. The van der Waals surface area contributed by atoms with Crippen LogP contribution in [0.4, 0.5) is 0 Å². The van der Waals surface area contributed by atoms with Gasteiger partial charge in [-0.1, -0.05) is 19.9 Å². The van der Waals surface area contributed by atoms with Crippen molar-refractivity contribution in [2.24, 2.45) is 4.99 Å². The van der Waals surface area contributed by atoms with Gasteiger partial charge in [0.05, 0.1) is 22.9 Å². The van der Waals surface area contributed by atoms with Gasteiger partial charge in [0.1, 0.15) is 0 Å². The molecule has 6 nitrogen and oxygen atoms in total. The summed E-state index contributed by atoms with van der Waals surface area (Å²) in [5.74, 6) is 1.34. The first-order chi connectivity index (χ1) is 13.1. The van der Waals surface area contributed by atoms with Crippen LogP contribution in [0.1, 0.15) is 49.0 Å². The number of rotatable bonds is 6. The molecule has 1 fully saturated rings. The van der Waals surface area contributed by atoms with E-state index in [9.17, 15) is 0 Å². The number of thiazole rings is 1. The van der Waals surface area contributed by atoms with Gasteiger partial charge in [-0.3, -0.25) is 14.9 Å². The molecular weight excluding hydrogens is 483 g/mol. The monoisotopic (exact) mass is 514 g/mol. The number of aliphatic imine (C=N–C) groups is 1. The van der Waals surface area contributed by atoms with Crippen LogP contribution in [0.5, 0.6) is 0 Å². The number of nitrogens with one attached hydrogen (secondary N) is 2. The van der Waals surface area contributed by atoms with E-state index in [4.69, 9.17) is 0 Å². The summed E-state index contributed by atoms with van der Waals surface area (Å²) in [4.78, 5) is 15.9. The summed E-state index contributed by atoms with van der Waals surface area (Å²) < 4.78 is 0. The topological polar surface area (TPSA) is 65.4 Å². The maximum Gasteiger partial charge on any atom is 0.191 e. The molecule has 0 amide bonds. The van der Waals surface area contributed by atoms with Crippen LogP contribution >= 0.6 is 35.3 Å². The van der Waals surface area contributed by atoms with Gasteiger partial charge in [-0.05, 0) is 25.0 Å². The fourth-order valence-electron chi connectivity index (χ4n) is 3.19. The molecule has 0 bridgehead atoms. The van der Waals surface area contributed by atoms with Crippen molar-refractivity contribution in [3.8, 4) is 0 Å². The summed E-state index contributed by atoms with van der Waals surface area (Å²) in [5.41, 5.74) is 2.22. The molecule has 1 saturated heterocycles. The van der Waals surface area contributed by atoms with Gasteiger partial charge in [0, 0.05) is 50.2 Å². The Balaban J connectivity index is 0.00000280. The third-order valence-electron chi connectivity index (χ3n) is 4.76. The van der Waals surface area contributed by atoms with E-state index in [1.54, 1.807) is 11.3 Å². The first kappa shape index (κ1) is 23.0. The van der Waals surface area contributed by atoms with Gasteiger partial charge in [-0.25, -0.2) is 4.98 Å². The Hall–Kier alpha value is -1.26. The fraction of sp³-hybridized carbons (Fsp3) is 0.550. The quantitative estimate of drug-likeness (QED) is 0.351. The Kier molecular flexibility index (Phi) is 9.60. The lowest BCUT2D eigenvalue weighted by Crippen LogP contribution is -2.48. The Bertz CT molecular complexity index is 725. The Morgan fingerprint density at radius 1 is 1.29 bits per heavy atom. The molecule has 2 aromatic rings. The van der Waals surface area contributed by atoms with Crippen molar-refractivity contribution < 1.29 is 0 Å². The maximum atomic E-state index is 4.67. The smallest absolute Gasteiger partial charge is 0.191 e. The second-order valence-electron chi connectivity index (χ2n) is 7.27. The van der Waals surface area contributed by atoms with Crippen LogP contribution in [-0.2, 0) is 13.1 Å². The number of pyridine rings is 1. The van der Waals surface area contributed by atoms with Crippen LogP contribution in [-0.4, -0.2) is 47.0 Å². The second-order valence-corrected chi connectivity index (χ2v) is 8.16. The molecule has 0 unspecified atom stereocenters. The third-order valence-corrected chi connectivity index (χ3v) is 5.96. The van der Waals surface area contributed by atoms with Gasteiger partial charge in [0.15, 0.2) is 5.96 Å². The normalized spacial score (nSPS) is 16.1. The van der Waals surface area contributed by atoms with Gasteiger partial charge in [-0.2, -0.15) is 0 Å². The minimum absolute atomic E-state index is 0. The fourth-order valence-corrected chi connectivity index (χ4v) is 4.02. The average Bonchev–Trinajstić information content (AvgIpc) is 3.17. The number of piperidine rings is 1. The molecule has 0 aliphatic carbocycles. The van der Waals surface area contributed by atoms with Crippen LogP contribution < -0.4 is 10.6 Å². The highest BCUT2D eigenvalue weighted by Crippen LogP contribution is 2.19. The van der Waals surface area contributed by atoms with Gasteiger partial charge in [0.25, 0.3) is 0 Å². The number of aromatic nitrogens is 2. The van der Waals surface area contributed by atoms with E-state index < -0.39 is 0 Å². The van der Waals surface area contributed by atoms with Crippen molar-refractivity contribution in [1.29, 1.82) is 0 Å².